The third-order valence-corrected chi connectivity index (χ3v) is 3.31. The van der Waals surface area contributed by atoms with Gasteiger partial charge in [0.1, 0.15) is 0 Å². The quantitative estimate of drug-likeness (QED) is 0.877. The summed E-state index contributed by atoms with van der Waals surface area (Å²) < 4.78 is 0. The van der Waals surface area contributed by atoms with Crippen LogP contribution in [-0.4, -0.2) is 18.5 Å². The van der Waals surface area contributed by atoms with Crippen molar-refractivity contribution < 1.29 is 4.79 Å². The van der Waals surface area contributed by atoms with E-state index in [4.69, 9.17) is 5.73 Å². The number of fused-ring (bicyclic) bond motifs is 1. The van der Waals surface area contributed by atoms with E-state index < -0.39 is 0 Å². The van der Waals surface area contributed by atoms with Crippen molar-refractivity contribution in [3.63, 3.8) is 0 Å². The van der Waals surface area contributed by atoms with Gasteiger partial charge in [0.05, 0.1) is 0 Å². The molecule has 0 radical (unpaired) electrons. The van der Waals surface area contributed by atoms with Crippen molar-refractivity contribution in [2.24, 2.45) is 11.7 Å². The highest BCUT2D eigenvalue weighted by Crippen LogP contribution is 2.15. The summed E-state index contributed by atoms with van der Waals surface area (Å²) in [6, 6.07) is 13.8. The van der Waals surface area contributed by atoms with E-state index >= 15 is 0 Å². The van der Waals surface area contributed by atoms with Crippen molar-refractivity contribution in [2.45, 2.75) is 26.3 Å². The predicted octanol–water partition coefficient (Wildman–Crippen LogP) is 2.94. The molecule has 0 heterocycles. The number of hydrogen-bond donors (Lipinski definition) is 2. The minimum absolute atomic E-state index is 0.0133. The second-order valence-corrected chi connectivity index (χ2v) is 5.66. The number of rotatable bonds is 5. The number of nitrogens with two attached hydrogens (primary N) is 1. The van der Waals surface area contributed by atoms with Gasteiger partial charge in [0.15, 0.2) is 0 Å². The molecule has 106 valence electrons. The van der Waals surface area contributed by atoms with Gasteiger partial charge in [-0.05, 0) is 35.2 Å². The Bertz CT molecular complexity index is 592. The molecule has 2 rings (SSSR count). The molecule has 0 spiro atoms. The predicted molar refractivity (Wildman–Crippen MR) is 83.7 cm³/mol. The van der Waals surface area contributed by atoms with E-state index in [2.05, 4.69) is 19.2 Å². The Morgan fingerprint density at radius 3 is 2.55 bits per heavy atom. The van der Waals surface area contributed by atoms with Gasteiger partial charge in [-0.2, -0.15) is 0 Å². The highest BCUT2D eigenvalue weighted by Gasteiger charge is 2.09. The van der Waals surface area contributed by atoms with Gasteiger partial charge >= 0.3 is 0 Å². The molecular weight excluding hydrogens is 248 g/mol. The van der Waals surface area contributed by atoms with Crippen LogP contribution in [0.2, 0.25) is 0 Å². The molecule has 0 aromatic heterocycles. The van der Waals surface area contributed by atoms with Crippen molar-refractivity contribution >= 4 is 16.7 Å². The highest BCUT2D eigenvalue weighted by molar-refractivity contribution is 5.98. The number of carbonyl (C=O) groups excluding carboxylic acids is 1. The molecule has 2 aromatic carbocycles. The Kier molecular flexibility index (Phi) is 4.74. The van der Waals surface area contributed by atoms with Crippen LogP contribution in [0.5, 0.6) is 0 Å². The van der Waals surface area contributed by atoms with Crippen LogP contribution in [0.3, 0.4) is 0 Å². The number of hydrogen-bond acceptors (Lipinski definition) is 2. The number of nitrogens with one attached hydrogen (secondary N) is 1. The summed E-state index contributed by atoms with van der Waals surface area (Å²) in [5.74, 6) is 0.484. The SMILES string of the molecule is CC(C)CC(N)CNC(=O)c1ccc2ccccc2c1. The van der Waals surface area contributed by atoms with Crippen LogP contribution in [0.15, 0.2) is 42.5 Å². The molecular formula is C17H22N2O. The summed E-state index contributed by atoms with van der Waals surface area (Å²) in [7, 11) is 0. The monoisotopic (exact) mass is 270 g/mol. The molecule has 1 amide bonds. The van der Waals surface area contributed by atoms with Gasteiger partial charge in [-0.1, -0.05) is 44.2 Å². The molecule has 2 aromatic rings. The van der Waals surface area contributed by atoms with Gasteiger partial charge in [0.25, 0.3) is 5.91 Å². The first-order valence-electron chi connectivity index (χ1n) is 7.09. The fraction of sp³-hybridized carbons (Fsp3) is 0.353. The standard InChI is InChI=1S/C17H22N2O/c1-12(2)9-16(18)11-19-17(20)15-8-7-13-5-3-4-6-14(13)10-15/h3-8,10,12,16H,9,11,18H2,1-2H3,(H,19,20). The molecule has 0 saturated heterocycles. The highest BCUT2D eigenvalue weighted by atomic mass is 16.1. The molecule has 0 bridgehead atoms. The van der Waals surface area contributed by atoms with Crippen LogP contribution < -0.4 is 11.1 Å². The zero-order chi connectivity index (χ0) is 14.5. The fourth-order valence-corrected chi connectivity index (χ4v) is 2.35. The van der Waals surface area contributed by atoms with Crippen LogP contribution in [-0.2, 0) is 0 Å². The Hall–Kier alpha value is -1.87. The van der Waals surface area contributed by atoms with Crippen LogP contribution in [0.25, 0.3) is 10.8 Å². The smallest absolute Gasteiger partial charge is 0.251 e. The van der Waals surface area contributed by atoms with Gasteiger partial charge in [0.2, 0.25) is 0 Å². The Morgan fingerprint density at radius 2 is 1.85 bits per heavy atom. The van der Waals surface area contributed by atoms with Crippen LogP contribution in [0, 0.1) is 5.92 Å². The summed E-state index contributed by atoms with van der Waals surface area (Å²) in [6.45, 7) is 4.78. The summed E-state index contributed by atoms with van der Waals surface area (Å²) >= 11 is 0. The minimum Gasteiger partial charge on any atom is -0.350 e. The molecule has 0 fully saturated rings. The molecule has 0 aliphatic carbocycles. The topological polar surface area (TPSA) is 55.1 Å². The van der Waals surface area contributed by atoms with Crippen molar-refractivity contribution in [2.75, 3.05) is 6.54 Å². The summed E-state index contributed by atoms with van der Waals surface area (Å²) in [5.41, 5.74) is 6.66. The van der Waals surface area contributed by atoms with E-state index in [0.717, 1.165) is 17.2 Å². The lowest BCUT2D eigenvalue weighted by Crippen LogP contribution is -2.38. The molecule has 0 aliphatic rings. The molecule has 0 saturated carbocycles. The van der Waals surface area contributed by atoms with E-state index in [1.165, 1.54) is 0 Å². The first kappa shape index (κ1) is 14.5. The Balaban J connectivity index is 2.00. The van der Waals surface area contributed by atoms with Crippen LogP contribution >= 0.6 is 0 Å². The van der Waals surface area contributed by atoms with E-state index in [1.54, 1.807) is 0 Å². The maximum atomic E-state index is 12.1. The maximum Gasteiger partial charge on any atom is 0.251 e. The molecule has 0 aliphatic heterocycles. The lowest BCUT2D eigenvalue weighted by atomic mass is 10.0. The second kappa shape index (κ2) is 6.53. The summed E-state index contributed by atoms with van der Waals surface area (Å²) in [5, 5.41) is 5.12. The number of amides is 1. The summed E-state index contributed by atoms with van der Waals surface area (Å²) in [4.78, 5) is 12.1. The zero-order valence-corrected chi connectivity index (χ0v) is 12.1. The van der Waals surface area contributed by atoms with Crippen LogP contribution in [0.1, 0.15) is 30.6 Å². The van der Waals surface area contributed by atoms with Gasteiger partial charge in [-0.3, -0.25) is 4.79 Å². The average molecular weight is 270 g/mol. The number of carbonyl (C=O) groups is 1. The van der Waals surface area contributed by atoms with E-state index in [1.807, 2.05) is 42.5 Å². The normalized spacial score (nSPS) is 12.6. The molecule has 3 heteroatoms. The lowest BCUT2D eigenvalue weighted by molar-refractivity contribution is 0.0950. The van der Waals surface area contributed by atoms with Gasteiger partial charge in [-0.15, -0.1) is 0 Å². The van der Waals surface area contributed by atoms with E-state index in [-0.39, 0.29) is 11.9 Å². The van der Waals surface area contributed by atoms with E-state index in [0.29, 0.717) is 18.0 Å². The fourth-order valence-electron chi connectivity index (χ4n) is 2.35. The van der Waals surface area contributed by atoms with Gasteiger partial charge < -0.3 is 11.1 Å². The molecule has 3 N–H and O–H groups in total. The Morgan fingerprint density at radius 1 is 1.15 bits per heavy atom. The third kappa shape index (κ3) is 3.81. The second-order valence-electron chi connectivity index (χ2n) is 5.66. The molecule has 1 atom stereocenters. The van der Waals surface area contributed by atoms with E-state index in [9.17, 15) is 4.79 Å². The lowest BCUT2D eigenvalue weighted by Gasteiger charge is -2.15. The molecule has 20 heavy (non-hydrogen) atoms. The minimum atomic E-state index is -0.0602. The number of benzene rings is 2. The summed E-state index contributed by atoms with van der Waals surface area (Å²) in [6.07, 6.45) is 0.915. The van der Waals surface area contributed by atoms with Crippen molar-refractivity contribution in [1.29, 1.82) is 0 Å². The van der Waals surface area contributed by atoms with Crippen molar-refractivity contribution in [3.05, 3.63) is 48.0 Å². The van der Waals surface area contributed by atoms with Crippen LogP contribution in [0.4, 0.5) is 0 Å². The van der Waals surface area contributed by atoms with Crippen molar-refractivity contribution in [3.8, 4) is 0 Å². The van der Waals surface area contributed by atoms with Crippen molar-refractivity contribution in [1.82, 2.24) is 5.32 Å². The largest absolute Gasteiger partial charge is 0.350 e. The Labute approximate surface area is 120 Å². The molecule has 1 unspecified atom stereocenters. The first-order valence-corrected chi connectivity index (χ1v) is 7.09. The third-order valence-electron chi connectivity index (χ3n) is 3.31. The molecule has 3 nitrogen and oxygen atoms in total. The van der Waals surface area contributed by atoms with Gasteiger partial charge in [-0.25, -0.2) is 0 Å². The van der Waals surface area contributed by atoms with Gasteiger partial charge in [0, 0.05) is 18.2 Å². The maximum absolute atomic E-state index is 12.1. The zero-order valence-electron chi connectivity index (χ0n) is 12.1. The first-order chi connectivity index (χ1) is 9.56. The average Bonchev–Trinajstić information content (AvgIpc) is 2.43.